The van der Waals surface area contributed by atoms with Crippen LogP contribution in [0, 0.1) is 0 Å². The number of pyridine rings is 1. The lowest BCUT2D eigenvalue weighted by atomic mass is 10.0. The molecular weight excluding hydrogens is 360 g/mol. The number of piperidine rings is 1. The zero-order chi connectivity index (χ0) is 19.5. The highest BCUT2D eigenvalue weighted by molar-refractivity contribution is 6.05. The number of hydrogen-bond acceptors (Lipinski definition) is 6. The quantitative estimate of drug-likeness (QED) is 0.744. The number of H-pyrrole nitrogens is 1. The number of ether oxygens (including phenoxy) is 2. The van der Waals surface area contributed by atoms with E-state index in [1.807, 2.05) is 18.2 Å². The van der Waals surface area contributed by atoms with Crippen LogP contribution in [0.25, 0.3) is 10.9 Å². The lowest BCUT2D eigenvalue weighted by Gasteiger charge is -2.31. The molecule has 8 nitrogen and oxygen atoms in total. The summed E-state index contributed by atoms with van der Waals surface area (Å²) in [5.41, 5.74) is 0.808. The van der Waals surface area contributed by atoms with Gasteiger partial charge in [0.15, 0.2) is 5.75 Å². The van der Waals surface area contributed by atoms with Gasteiger partial charge in [-0.15, -0.1) is 0 Å². The number of benzene rings is 1. The van der Waals surface area contributed by atoms with Gasteiger partial charge in [0.1, 0.15) is 6.10 Å². The molecule has 2 aromatic heterocycles. The fraction of sp³-hybridized carbons (Fsp3) is 0.300. The van der Waals surface area contributed by atoms with Crippen molar-refractivity contribution in [2.24, 2.45) is 0 Å². The van der Waals surface area contributed by atoms with Crippen LogP contribution in [0.4, 0.5) is 0 Å². The molecule has 144 valence electrons. The molecule has 1 amide bonds. The van der Waals surface area contributed by atoms with Crippen molar-refractivity contribution in [1.29, 1.82) is 0 Å². The molecule has 3 aromatic rings. The molecule has 0 atom stereocenters. The van der Waals surface area contributed by atoms with Gasteiger partial charge in [-0.25, -0.2) is 0 Å². The molecule has 0 aliphatic carbocycles. The number of amides is 1. The van der Waals surface area contributed by atoms with Crippen molar-refractivity contribution in [3.05, 3.63) is 58.6 Å². The summed E-state index contributed by atoms with van der Waals surface area (Å²) in [6.07, 6.45) is 4.39. The van der Waals surface area contributed by atoms with E-state index in [4.69, 9.17) is 9.47 Å². The molecule has 1 aliphatic rings. The predicted octanol–water partition coefficient (Wildman–Crippen LogP) is 2.01. The molecule has 0 bridgehead atoms. The van der Waals surface area contributed by atoms with E-state index < -0.39 is 0 Å². The van der Waals surface area contributed by atoms with Gasteiger partial charge < -0.3 is 19.4 Å². The van der Waals surface area contributed by atoms with E-state index in [0.717, 1.165) is 5.39 Å². The third-order valence-corrected chi connectivity index (χ3v) is 4.82. The van der Waals surface area contributed by atoms with E-state index >= 15 is 0 Å². The van der Waals surface area contributed by atoms with Gasteiger partial charge in [-0.2, -0.15) is 9.97 Å². The Kier molecular flexibility index (Phi) is 4.92. The molecule has 0 saturated carbocycles. The Morgan fingerprint density at radius 1 is 1.18 bits per heavy atom. The van der Waals surface area contributed by atoms with Gasteiger partial charge in [0, 0.05) is 42.9 Å². The van der Waals surface area contributed by atoms with Crippen LogP contribution in [-0.2, 0) is 0 Å². The first-order valence-corrected chi connectivity index (χ1v) is 9.08. The molecule has 3 heterocycles. The van der Waals surface area contributed by atoms with E-state index in [9.17, 15) is 9.59 Å². The Bertz CT molecular complexity index is 1040. The average molecular weight is 380 g/mol. The minimum absolute atomic E-state index is 0.0617. The van der Waals surface area contributed by atoms with E-state index in [-0.39, 0.29) is 17.6 Å². The Morgan fingerprint density at radius 3 is 2.61 bits per heavy atom. The average Bonchev–Trinajstić information content (AvgIpc) is 2.73. The normalized spacial score (nSPS) is 14.8. The summed E-state index contributed by atoms with van der Waals surface area (Å²) in [5.74, 6) is 0.430. The standard InChI is InChI=1S/C20H20N4O4/c1-27-14-11-21-20(22-12-14)28-13-6-8-24(9-7-13)19(26)16-10-18(25)23-17-5-3-2-4-15(16)17/h2-5,10-13H,6-9H2,1H3,(H,23,25). The van der Waals surface area contributed by atoms with E-state index in [1.165, 1.54) is 6.07 Å². The summed E-state index contributed by atoms with van der Waals surface area (Å²) in [6.45, 7) is 1.08. The topological polar surface area (TPSA) is 97.4 Å². The number of hydrogen-bond donors (Lipinski definition) is 1. The number of methoxy groups -OCH3 is 1. The zero-order valence-corrected chi connectivity index (χ0v) is 15.4. The van der Waals surface area contributed by atoms with Gasteiger partial charge in [-0.05, 0) is 6.07 Å². The minimum atomic E-state index is -0.281. The number of fused-ring (bicyclic) bond motifs is 1. The van der Waals surface area contributed by atoms with Gasteiger partial charge in [0.25, 0.3) is 5.91 Å². The second-order valence-electron chi connectivity index (χ2n) is 6.61. The number of carbonyl (C=O) groups excluding carboxylic acids is 1. The third kappa shape index (κ3) is 3.66. The molecule has 1 aromatic carbocycles. The largest absolute Gasteiger partial charge is 0.494 e. The molecule has 8 heteroatoms. The first-order chi connectivity index (χ1) is 13.6. The molecule has 1 saturated heterocycles. The van der Waals surface area contributed by atoms with Crippen LogP contribution in [0.2, 0.25) is 0 Å². The second-order valence-corrected chi connectivity index (χ2v) is 6.61. The van der Waals surface area contributed by atoms with E-state index in [0.29, 0.717) is 48.8 Å². The van der Waals surface area contributed by atoms with Gasteiger partial charge in [0.2, 0.25) is 5.56 Å². The summed E-state index contributed by atoms with van der Waals surface area (Å²) in [4.78, 5) is 37.7. The van der Waals surface area contributed by atoms with Crippen molar-refractivity contribution in [2.45, 2.75) is 18.9 Å². The molecule has 1 N–H and O–H groups in total. The van der Waals surface area contributed by atoms with Gasteiger partial charge in [0.05, 0.1) is 25.1 Å². The van der Waals surface area contributed by atoms with Gasteiger partial charge in [-0.3, -0.25) is 9.59 Å². The van der Waals surface area contributed by atoms with Crippen molar-refractivity contribution < 1.29 is 14.3 Å². The fourth-order valence-corrected chi connectivity index (χ4v) is 3.35. The summed E-state index contributed by atoms with van der Waals surface area (Å²) in [5, 5.41) is 0.747. The molecular formula is C20H20N4O4. The first kappa shape index (κ1) is 18.0. The highest BCUT2D eigenvalue weighted by Gasteiger charge is 2.26. The molecule has 28 heavy (non-hydrogen) atoms. The van der Waals surface area contributed by atoms with Crippen LogP contribution in [0.3, 0.4) is 0 Å². The van der Waals surface area contributed by atoms with Crippen molar-refractivity contribution in [3.63, 3.8) is 0 Å². The smallest absolute Gasteiger partial charge is 0.316 e. The Balaban J connectivity index is 1.43. The Labute approximate surface area is 161 Å². The molecule has 1 fully saturated rings. The van der Waals surface area contributed by atoms with Crippen molar-refractivity contribution >= 4 is 16.8 Å². The summed E-state index contributed by atoms with van der Waals surface area (Å²) >= 11 is 0. The first-order valence-electron chi connectivity index (χ1n) is 9.08. The summed E-state index contributed by atoms with van der Waals surface area (Å²) in [6, 6.07) is 8.99. The maximum absolute atomic E-state index is 13.0. The number of nitrogens with zero attached hydrogens (tertiary/aromatic N) is 3. The molecule has 4 rings (SSSR count). The zero-order valence-electron chi connectivity index (χ0n) is 15.4. The maximum atomic E-state index is 13.0. The van der Waals surface area contributed by atoms with E-state index in [1.54, 1.807) is 30.5 Å². The molecule has 0 unspecified atom stereocenters. The lowest BCUT2D eigenvalue weighted by molar-refractivity contribution is 0.0580. The van der Waals surface area contributed by atoms with E-state index in [2.05, 4.69) is 15.0 Å². The SMILES string of the molecule is COc1cnc(OC2CCN(C(=O)c3cc(=O)[nH]c4ccccc34)CC2)nc1. The monoisotopic (exact) mass is 380 g/mol. The number of nitrogens with one attached hydrogen (secondary N) is 1. The second kappa shape index (κ2) is 7.67. The highest BCUT2D eigenvalue weighted by Crippen LogP contribution is 2.21. The Hall–Kier alpha value is -3.42. The fourth-order valence-electron chi connectivity index (χ4n) is 3.35. The summed E-state index contributed by atoms with van der Waals surface area (Å²) < 4.78 is 10.8. The van der Waals surface area contributed by atoms with Crippen LogP contribution >= 0.6 is 0 Å². The third-order valence-electron chi connectivity index (χ3n) is 4.82. The number of carbonyl (C=O) groups is 1. The highest BCUT2D eigenvalue weighted by atomic mass is 16.5. The van der Waals surface area contributed by atoms with Crippen molar-refractivity contribution in [3.8, 4) is 11.8 Å². The van der Waals surface area contributed by atoms with Crippen LogP contribution in [0.15, 0.2) is 47.5 Å². The van der Waals surface area contributed by atoms with Gasteiger partial charge in [-0.1, -0.05) is 18.2 Å². The maximum Gasteiger partial charge on any atom is 0.316 e. The van der Waals surface area contributed by atoms with Crippen LogP contribution < -0.4 is 15.0 Å². The summed E-state index contributed by atoms with van der Waals surface area (Å²) in [7, 11) is 1.55. The lowest BCUT2D eigenvalue weighted by Crippen LogP contribution is -2.42. The Morgan fingerprint density at radius 2 is 1.89 bits per heavy atom. The predicted molar refractivity (Wildman–Crippen MR) is 103 cm³/mol. The minimum Gasteiger partial charge on any atom is -0.494 e. The molecule has 1 aliphatic heterocycles. The number of aromatic amines is 1. The van der Waals surface area contributed by atoms with Gasteiger partial charge >= 0.3 is 6.01 Å². The number of likely N-dealkylation sites (tertiary alicyclic amines) is 1. The van der Waals surface area contributed by atoms with Crippen molar-refractivity contribution in [2.75, 3.05) is 20.2 Å². The van der Waals surface area contributed by atoms with Crippen LogP contribution in [-0.4, -0.2) is 52.1 Å². The van der Waals surface area contributed by atoms with Crippen LogP contribution in [0.1, 0.15) is 23.2 Å². The number of aromatic nitrogens is 3. The van der Waals surface area contributed by atoms with Crippen molar-refractivity contribution in [1.82, 2.24) is 19.9 Å². The molecule has 0 spiro atoms. The van der Waals surface area contributed by atoms with Crippen LogP contribution in [0.5, 0.6) is 11.8 Å². The molecule has 0 radical (unpaired) electrons. The number of rotatable bonds is 4. The number of para-hydroxylation sites is 1.